The summed E-state index contributed by atoms with van der Waals surface area (Å²) in [5, 5.41) is 17.3. The Morgan fingerprint density at radius 1 is 1.22 bits per heavy atom. The van der Waals surface area contributed by atoms with E-state index in [1.165, 1.54) is 32.1 Å². The monoisotopic (exact) mass is 383 g/mol. The molecular formula is C19H25N7S. The molecule has 3 N–H and O–H groups in total. The quantitative estimate of drug-likeness (QED) is 0.634. The zero-order chi connectivity index (χ0) is 18.4. The number of rotatable bonds is 4. The molecular weight excluding hydrogens is 358 g/mol. The molecule has 3 aromatic heterocycles. The van der Waals surface area contributed by atoms with Gasteiger partial charge in [-0.2, -0.15) is 10.1 Å². The van der Waals surface area contributed by atoms with Gasteiger partial charge in [-0.05, 0) is 51.1 Å². The van der Waals surface area contributed by atoms with Crippen LogP contribution in [0, 0.1) is 6.92 Å². The normalized spacial score (nSPS) is 25.6. The van der Waals surface area contributed by atoms with Crippen LogP contribution in [0.3, 0.4) is 0 Å². The minimum atomic E-state index is 0.439. The second-order valence-corrected chi connectivity index (χ2v) is 8.71. The van der Waals surface area contributed by atoms with Crippen LogP contribution in [-0.2, 0) is 0 Å². The number of aromatic amines is 1. The Kier molecular flexibility index (Phi) is 4.24. The van der Waals surface area contributed by atoms with Crippen LogP contribution in [0.15, 0.2) is 17.5 Å². The maximum Gasteiger partial charge on any atom is 0.226 e. The Bertz CT molecular complexity index is 935. The van der Waals surface area contributed by atoms with E-state index in [4.69, 9.17) is 9.97 Å². The Balaban J connectivity index is 1.40. The highest BCUT2D eigenvalue weighted by Gasteiger charge is 2.36. The number of aromatic nitrogens is 4. The van der Waals surface area contributed by atoms with E-state index in [0.29, 0.717) is 24.1 Å². The number of nitrogens with one attached hydrogen (secondary N) is 3. The van der Waals surface area contributed by atoms with E-state index >= 15 is 0 Å². The lowest BCUT2D eigenvalue weighted by molar-refractivity contribution is 0.0607. The van der Waals surface area contributed by atoms with Gasteiger partial charge >= 0.3 is 0 Å². The highest BCUT2D eigenvalue weighted by molar-refractivity contribution is 7.16. The molecule has 0 aromatic carbocycles. The summed E-state index contributed by atoms with van der Waals surface area (Å²) >= 11 is 1.64. The fourth-order valence-corrected chi connectivity index (χ4v) is 5.30. The van der Waals surface area contributed by atoms with Crippen LogP contribution in [0.4, 0.5) is 17.6 Å². The molecule has 0 aliphatic carbocycles. The van der Waals surface area contributed by atoms with Crippen molar-refractivity contribution in [3.63, 3.8) is 0 Å². The second-order valence-electron chi connectivity index (χ2n) is 7.81. The van der Waals surface area contributed by atoms with Crippen molar-refractivity contribution in [2.24, 2.45) is 0 Å². The predicted octanol–water partition coefficient (Wildman–Crippen LogP) is 3.89. The standard InChI is InChI=1S/C19H25N7S/c1-11-8-16(25-24-11)21-17-15-6-7-27-18(15)23-19(22-17)20-12-9-13-4-3-5-14(10-12)26(13)2/h6-8,12-14H,3-5,9-10H2,1-2H3,(H3,20,21,22,23,24,25)/t12-,13-,14+. The van der Waals surface area contributed by atoms with Gasteiger partial charge < -0.3 is 15.5 Å². The van der Waals surface area contributed by atoms with Crippen molar-refractivity contribution in [3.05, 3.63) is 23.2 Å². The first-order valence-electron chi connectivity index (χ1n) is 9.68. The van der Waals surface area contributed by atoms with Crippen molar-refractivity contribution in [2.45, 2.75) is 57.2 Å². The van der Waals surface area contributed by atoms with E-state index < -0.39 is 0 Å². The minimum Gasteiger partial charge on any atom is -0.351 e. The van der Waals surface area contributed by atoms with E-state index in [1.54, 1.807) is 11.3 Å². The van der Waals surface area contributed by atoms with Crippen LogP contribution < -0.4 is 10.6 Å². The van der Waals surface area contributed by atoms with Crippen LogP contribution in [0.25, 0.3) is 10.2 Å². The van der Waals surface area contributed by atoms with Gasteiger partial charge in [0.05, 0.1) is 5.39 Å². The molecule has 27 heavy (non-hydrogen) atoms. The number of fused-ring (bicyclic) bond motifs is 3. The Hall–Kier alpha value is -2.19. The molecule has 3 aromatic rings. The van der Waals surface area contributed by atoms with Gasteiger partial charge in [0.15, 0.2) is 5.82 Å². The molecule has 3 atom stereocenters. The topological polar surface area (TPSA) is 81.8 Å². The molecule has 142 valence electrons. The fourth-order valence-electron chi connectivity index (χ4n) is 4.53. The Morgan fingerprint density at radius 3 is 2.78 bits per heavy atom. The highest BCUT2D eigenvalue weighted by Crippen LogP contribution is 2.34. The molecule has 2 aliphatic rings. The molecule has 2 aliphatic heterocycles. The van der Waals surface area contributed by atoms with E-state index in [-0.39, 0.29) is 0 Å². The first-order valence-corrected chi connectivity index (χ1v) is 10.6. The van der Waals surface area contributed by atoms with Crippen LogP contribution in [0.2, 0.25) is 0 Å². The van der Waals surface area contributed by atoms with Crippen LogP contribution in [-0.4, -0.2) is 50.2 Å². The van der Waals surface area contributed by atoms with Gasteiger partial charge in [-0.15, -0.1) is 11.3 Å². The average Bonchev–Trinajstić information content (AvgIpc) is 3.25. The highest BCUT2D eigenvalue weighted by atomic mass is 32.1. The third kappa shape index (κ3) is 3.27. The van der Waals surface area contributed by atoms with Crippen molar-refractivity contribution in [2.75, 3.05) is 17.7 Å². The molecule has 7 nitrogen and oxygen atoms in total. The van der Waals surface area contributed by atoms with Crippen molar-refractivity contribution in [1.29, 1.82) is 0 Å². The molecule has 8 heteroatoms. The fraction of sp³-hybridized carbons (Fsp3) is 0.526. The summed E-state index contributed by atoms with van der Waals surface area (Å²) in [5.41, 5.74) is 1.02. The van der Waals surface area contributed by atoms with Crippen molar-refractivity contribution in [1.82, 2.24) is 25.1 Å². The first-order chi connectivity index (χ1) is 13.2. The van der Waals surface area contributed by atoms with Gasteiger partial charge in [-0.25, -0.2) is 4.98 Å². The largest absolute Gasteiger partial charge is 0.351 e. The number of aryl methyl sites for hydroxylation is 1. The van der Waals surface area contributed by atoms with Gasteiger partial charge in [0.25, 0.3) is 0 Å². The molecule has 0 amide bonds. The van der Waals surface area contributed by atoms with Gasteiger partial charge in [-0.3, -0.25) is 5.10 Å². The average molecular weight is 384 g/mol. The summed E-state index contributed by atoms with van der Waals surface area (Å²) in [6, 6.07) is 5.85. The number of piperidine rings is 2. The number of hydrogen-bond donors (Lipinski definition) is 3. The smallest absolute Gasteiger partial charge is 0.226 e. The summed E-state index contributed by atoms with van der Waals surface area (Å²) in [6.45, 7) is 1.99. The molecule has 0 unspecified atom stereocenters. The van der Waals surface area contributed by atoms with Crippen LogP contribution in [0.1, 0.15) is 37.8 Å². The molecule has 0 saturated carbocycles. The zero-order valence-electron chi connectivity index (χ0n) is 15.7. The number of thiophene rings is 1. The van der Waals surface area contributed by atoms with E-state index in [0.717, 1.165) is 27.5 Å². The predicted molar refractivity (Wildman–Crippen MR) is 110 cm³/mol. The van der Waals surface area contributed by atoms with Gasteiger partial charge in [0.1, 0.15) is 10.6 Å². The molecule has 2 fully saturated rings. The van der Waals surface area contributed by atoms with Crippen molar-refractivity contribution in [3.8, 4) is 0 Å². The molecule has 2 saturated heterocycles. The summed E-state index contributed by atoms with van der Waals surface area (Å²) in [6.07, 6.45) is 6.31. The lowest BCUT2D eigenvalue weighted by atomic mass is 9.82. The lowest BCUT2D eigenvalue weighted by Crippen LogP contribution is -2.52. The number of nitrogens with zero attached hydrogens (tertiary/aromatic N) is 4. The van der Waals surface area contributed by atoms with Crippen LogP contribution >= 0.6 is 11.3 Å². The summed E-state index contributed by atoms with van der Waals surface area (Å²) in [7, 11) is 2.28. The summed E-state index contributed by atoms with van der Waals surface area (Å²) in [5.74, 6) is 2.30. The lowest BCUT2D eigenvalue weighted by Gasteiger charge is -2.47. The molecule has 0 radical (unpaired) electrons. The third-order valence-electron chi connectivity index (χ3n) is 5.95. The first kappa shape index (κ1) is 16.9. The summed E-state index contributed by atoms with van der Waals surface area (Å²) < 4.78 is 0. The van der Waals surface area contributed by atoms with E-state index in [1.807, 2.05) is 13.0 Å². The van der Waals surface area contributed by atoms with Crippen molar-refractivity contribution < 1.29 is 0 Å². The minimum absolute atomic E-state index is 0.439. The number of anilines is 3. The van der Waals surface area contributed by atoms with Gasteiger partial charge in [0, 0.05) is 29.9 Å². The molecule has 5 rings (SSSR count). The van der Waals surface area contributed by atoms with E-state index in [2.05, 4.69) is 44.2 Å². The maximum atomic E-state index is 4.79. The van der Waals surface area contributed by atoms with E-state index in [9.17, 15) is 0 Å². The Labute approximate surface area is 162 Å². The number of hydrogen-bond acceptors (Lipinski definition) is 7. The Morgan fingerprint density at radius 2 is 2.04 bits per heavy atom. The molecule has 5 heterocycles. The summed E-state index contributed by atoms with van der Waals surface area (Å²) in [4.78, 5) is 13.1. The maximum absolute atomic E-state index is 4.79. The second kappa shape index (κ2) is 6.76. The zero-order valence-corrected chi connectivity index (χ0v) is 16.5. The van der Waals surface area contributed by atoms with Crippen LogP contribution in [0.5, 0.6) is 0 Å². The van der Waals surface area contributed by atoms with Gasteiger partial charge in [-0.1, -0.05) is 6.42 Å². The van der Waals surface area contributed by atoms with Crippen molar-refractivity contribution >= 4 is 39.1 Å². The van der Waals surface area contributed by atoms with Gasteiger partial charge in [0.2, 0.25) is 5.95 Å². The molecule has 2 bridgehead atoms. The SMILES string of the molecule is Cc1cc(Nc2nc(N[C@@H]3C[C@H]4CCC[C@@H](C3)N4C)nc3sccc23)n[nH]1. The number of H-pyrrole nitrogens is 1. The third-order valence-corrected chi connectivity index (χ3v) is 6.76. The molecule has 0 spiro atoms.